The number of aliphatic imine (C=N–C) groups is 1. The highest BCUT2D eigenvalue weighted by molar-refractivity contribution is 8.12. The molecule has 44 valence electrons. The third-order valence-corrected chi connectivity index (χ3v) is 2.75. The first-order valence-electron chi connectivity index (χ1n) is 2.84. The second-order valence-corrected chi connectivity index (χ2v) is 3.15. The van der Waals surface area contributed by atoms with E-state index in [9.17, 15) is 0 Å². The summed E-state index contributed by atoms with van der Waals surface area (Å²) in [5.74, 6) is 0. The van der Waals surface area contributed by atoms with E-state index in [1.165, 1.54) is 13.0 Å². The molecule has 1 unspecified atom stereocenters. The Morgan fingerprint density at radius 1 is 1.75 bits per heavy atom. The number of thioether (sulfide) groups is 1. The number of hydrogen-bond acceptors (Lipinski definition) is 3. The summed E-state index contributed by atoms with van der Waals surface area (Å²) in [7, 11) is 0. The minimum Gasteiger partial charge on any atom is -0.272 e. The van der Waals surface area contributed by atoms with Gasteiger partial charge >= 0.3 is 0 Å². The van der Waals surface area contributed by atoms with Crippen molar-refractivity contribution in [1.82, 2.24) is 4.90 Å². The van der Waals surface area contributed by atoms with Crippen LogP contribution in [-0.4, -0.2) is 29.0 Å². The molecule has 0 bridgehead atoms. The zero-order chi connectivity index (χ0) is 5.40. The highest BCUT2D eigenvalue weighted by Crippen LogP contribution is 2.28. The minimum absolute atomic E-state index is 0.785. The van der Waals surface area contributed by atoms with Gasteiger partial charge in [0.2, 0.25) is 0 Å². The Labute approximate surface area is 53.0 Å². The molecule has 1 saturated heterocycles. The molecule has 0 aromatic rings. The summed E-state index contributed by atoms with van der Waals surface area (Å²) in [6.07, 6.45) is 1.36. The molecular formula is C5H8N2S. The van der Waals surface area contributed by atoms with Gasteiger partial charge in [0, 0.05) is 6.54 Å². The van der Waals surface area contributed by atoms with Crippen molar-refractivity contribution in [1.29, 1.82) is 0 Å². The van der Waals surface area contributed by atoms with Gasteiger partial charge in [0.15, 0.2) is 0 Å². The van der Waals surface area contributed by atoms with Gasteiger partial charge in [-0.05, 0) is 6.42 Å². The van der Waals surface area contributed by atoms with Crippen molar-refractivity contribution in [2.75, 3.05) is 13.2 Å². The summed E-state index contributed by atoms with van der Waals surface area (Å²) in [5, 5.41) is 0.785. The third-order valence-electron chi connectivity index (χ3n) is 1.63. The van der Waals surface area contributed by atoms with Crippen LogP contribution in [0.5, 0.6) is 0 Å². The molecule has 2 heterocycles. The minimum atomic E-state index is 0.785. The smallest absolute Gasteiger partial charge is 0.0924 e. The van der Waals surface area contributed by atoms with Gasteiger partial charge in [0.1, 0.15) is 0 Å². The van der Waals surface area contributed by atoms with Crippen LogP contribution >= 0.6 is 11.8 Å². The lowest BCUT2D eigenvalue weighted by Crippen LogP contribution is -2.46. The maximum Gasteiger partial charge on any atom is 0.0924 e. The van der Waals surface area contributed by atoms with Gasteiger partial charge in [0.05, 0.1) is 17.6 Å². The molecule has 0 amide bonds. The number of rotatable bonds is 0. The lowest BCUT2D eigenvalue weighted by atomic mass is 10.2. The number of fused-ring (bicyclic) bond motifs is 1. The summed E-state index contributed by atoms with van der Waals surface area (Å²) in [6.45, 7) is 2.20. The molecule has 2 aliphatic rings. The predicted molar refractivity (Wildman–Crippen MR) is 36.1 cm³/mol. The number of nitrogens with zero attached hydrogens (tertiary/aromatic N) is 2. The summed E-state index contributed by atoms with van der Waals surface area (Å²) in [4.78, 5) is 6.50. The lowest BCUT2D eigenvalue weighted by molar-refractivity contribution is 0.160. The van der Waals surface area contributed by atoms with Crippen molar-refractivity contribution >= 4 is 17.3 Å². The van der Waals surface area contributed by atoms with Crippen LogP contribution in [0.4, 0.5) is 0 Å². The Hall–Kier alpha value is -0.0200. The molecule has 0 aromatic heterocycles. The third kappa shape index (κ3) is 0.581. The largest absolute Gasteiger partial charge is 0.272 e. The maximum absolute atomic E-state index is 4.12. The van der Waals surface area contributed by atoms with Crippen molar-refractivity contribution in [3.05, 3.63) is 0 Å². The van der Waals surface area contributed by atoms with Gasteiger partial charge in [-0.1, -0.05) is 11.8 Å². The van der Waals surface area contributed by atoms with Crippen LogP contribution in [0, 0.1) is 0 Å². The topological polar surface area (TPSA) is 15.6 Å². The second kappa shape index (κ2) is 1.74. The van der Waals surface area contributed by atoms with E-state index >= 15 is 0 Å². The first-order valence-corrected chi connectivity index (χ1v) is 3.79. The molecule has 0 N–H and O–H groups in total. The Kier molecular flexibility index (Phi) is 1.05. The Morgan fingerprint density at radius 2 is 2.75 bits per heavy atom. The van der Waals surface area contributed by atoms with E-state index in [0.717, 1.165) is 12.0 Å². The zero-order valence-corrected chi connectivity index (χ0v) is 5.40. The fraction of sp³-hybridized carbons (Fsp3) is 0.800. The molecule has 3 heteroatoms. The Morgan fingerprint density at radius 3 is 3.12 bits per heavy atom. The van der Waals surface area contributed by atoms with Gasteiger partial charge in [-0.25, -0.2) is 0 Å². The molecule has 2 rings (SSSR count). The van der Waals surface area contributed by atoms with Crippen LogP contribution in [0.2, 0.25) is 0 Å². The fourth-order valence-electron chi connectivity index (χ4n) is 0.984. The van der Waals surface area contributed by atoms with Crippen molar-refractivity contribution < 1.29 is 0 Å². The van der Waals surface area contributed by atoms with E-state index in [0.29, 0.717) is 0 Å². The van der Waals surface area contributed by atoms with E-state index in [1.807, 2.05) is 17.3 Å². The summed E-state index contributed by atoms with van der Waals surface area (Å²) in [5.41, 5.74) is 1.97. The molecular weight excluding hydrogens is 120 g/mol. The maximum atomic E-state index is 4.12. The molecule has 2 aliphatic heterocycles. The summed E-state index contributed by atoms with van der Waals surface area (Å²) in [6, 6.07) is 0. The SMILES string of the molecule is C1=NCN2CCC2S1. The molecule has 1 atom stereocenters. The summed E-state index contributed by atoms with van der Waals surface area (Å²) < 4.78 is 0. The van der Waals surface area contributed by atoms with Gasteiger partial charge in [0.25, 0.3) is 0 Å². The van der Waals surface area contributed by atoms with Crippen molar-refractivity contribution in [2.24, 2.45) is 4.99 Å². The van der Waals surface area contributed by atoms with Crippen LogP contribution in [0.1, 0.15) is 6.42 Å². The first kappa shape index (κ1) is 4.82. The average Bonchev–Trinajstić information content (AvgIpc) is 1.72. The van der Waals surface area contributed by atoms with Gasteiger partial charge in [-0.2, -0.15) is 0 Å². The number of hydrogen-bond donors (Lipinski definition) is 0. The fourth-order valence-corrected chi connectivity index (χ4v) is 1.86. The highest BCUT2D eigenvalue weighted by Gasteiger charge is 2.28. The quantitative estimate of drug-likeness (QED) is 0.478. The highest BCUT2D eigenvalue weighted by atomic mass is 32.2. The van der Waals surface area contributed by atoms with E-state index < -0.39 is 0 Å². The van der Waals surface area contributed by atoms with E-state index in [-0.39, 0.29) is 0 Å². The molecule has 0 saturated carbocycles. The zero-order valence-electron chi connectivity index (χ0n) is 4.58. The van der Waals surface area contributed by atoms with Crippen LogP contribution in [0.15, 0.2) is 4.99 Å². The Balaban J connectivity index is 2.05. The van der Waals surface area contributed by atoms with Crippen LogP contribution in [0.3, 0.4) is 0 Å². The second-order valence-electron chi connectivity index (χ2n) is 2.12. The molecule has 1 fully saturated rings. The van der Waals surface area contributed by atoms with E-state index in [2.05, 4.69) is 9.89 Å². The van der Waals surface area contributed by atoms with Crippen LogP contribution in [0.25, 0.3) is 0 Å². The average molecular weight is 128 g/mol. The van der Waals surface area contributed by atoms with Gasteiger partial charge < -0.3 is 0 Å². The molecule has 0 aliphatic carbocycles. The van der Waals surface area contributed by atoms with Crippen molar-refractivity contribution in [2.45, 2.75) is 11.8 Å². The van der Waals surface area contributed by atoms with E-state index in [4.69, 9.17) is 0 Å². The predicted octanol–water partition coefficient (Wildman–Crippen LogP) is 0.751. The van der Waals surface area contributed by atoms with Crippen LogP contribution in [-0.2, 0) is 0 Å². The normalized spacial score (nSPS) is 36.2. The van der Waals surface area contributed by atoms with Crippen molar-refractivity contribution in [3.63, 3.8) is 0 Å². The molecule has 0 aromatic carbocycles. The molecule has 0 radical (unpaired) electrons. The molecule has 8 heavy (non-hydrogen) atoms. The Bertz CT molecular complexity index is 110. The monoisotopic (exact) mass is 128 g/mol. The standard InChI is InChI=1S/C5H8N2S/c1-2-7-3-6-4-8-5(1)7/h4-5H,1-3H2. The molecule has 0 spiro atoms. The van der Waals surface area contributed by atoms with Crippen LogP contribution < -0.4 is 0 Å². The first-order chi connectivity index (χ1) is 3.97. The summed E-state index contributed by atoms with van der Waals surface area (Å²) >= 11 is 1.85. The van der Waals surface area contributed by atoms with E-state index in [1.54, 1.807) is 0 Å². The molecule has 2 nitrogen and oxygen atoms in total. The lowest BCUT2D eigenvalue weighted by Gasteiger charge is -2.40. The van der Waals surface area contributed by atoms with Crippen molar-refractivity contribution in [3.8, 4) is 0 Å². The van der Waals surface area contributed by atoms with Gasteiger partial charge in [-0.3, -0.25) is 9.89 Å². The van der Waals surface area contributed by atoms with Gasteiger partial charge in [-0.15, -0.1) is 0 Å².